The zero-order valence-corrected chi connectivity index (χ0v) is 10.1. The number of unbranched alkanes of at least 4 members (excludes halogenated alkanes) is 3. The molecule has 0 atom stereocenters. The van der Waals surface area contributed by atoms with Gasteiger partial charge in [0.25, 0.3) is 0 Å². The molecule has 1 amide bonds. The minimum atomic E-state index is -0.0102. The van der Waals surface area contributed by atoms with Crippen molar-refractivity contribution in [2.45, 2.75) is 45.4 Å². The van der Waals surface area contributed by atoms with Crippen LogP contribution in [0.5, 0.6) is 0 Å². The zero-order valence-electron chi connectivity index (χ0n) is 10.1. The van der Waals surface area contributed by atoms with Gasteiger partial charge in [-0.2, -0.15) is 0 Å². The molecule has 0 saturated carbocycles. The molecule has 0 unspecified atom stereocenters. The van der Waals surface area contributed by atoms with Crippen LogP contribution in [-0.2, 0) is 4.79 Å². The molecule has 0 rings (SSSR count). The quantitative estimate of drug-likeness (QED) is 0.269. The summed E-state index contributed by atoms with van der Waals surface area (Å²) in [5.74, 6) is 0.114. The number of hydrogen-bond donors (Lipinski definition) is 4. The molecular formula is C11H24N4O. The van der Waals surface area contributed by atoms with Gasteiger partial charge in [-0.15, -0.1) is 0 Å². The van der Waals surface area contributed by atoms with Crippen molar-refractivity contribution >= 4 is 11.9 Å². The first-order chi connectivity index (χ1) is 7.66. The first-order valence-electron chi connectivity index (χ1n) is 6.01. The van der Waals surface area contributed by atoms with E-state index in [1.165, 1.54) is 12.8 Å². The number of carbonyl (C=O) groups excluding carboxylic acids is 1. The molecule has 16 heavy (non-hydrogen) atoms. The van der Waals surface area contributed by atoms with E-state index in [1.807, 2.05) is 0 Å². The number of nitrogens with one attached hydrogen (secondary N) is 3. The molecule has 0 radical (unpaired) electrons. The monoisotopic (exact) mass is 228 g/mol. The Balaban J connectivity index is 3.20. The summed E-state index contributed by atoms with van der Waals surface area (Å²) in [6.45, 7) is 3.60. The Kier molecular flexibility index (Phi) is 9.46. The fourth-order valence-corrected chi connectivity index (χ4v) is 1.32. The number of hydrogen-bond acceptors (Lipinski definition) is 2. The van der Waals surface area contributed by atoms with Crippen molar-refractivity contribution in [3.8, 4) is 0 Å². The van der Waals surface area contributed by atoms with E-state index in [-0.39, 0.29) is 11.9 Å². The molecule has 5 nitrogen and oxygen atoms in total. The molecule has 0 aliphatic heterocycles. The fraction of sp³-hybridized carbons (Fsp3) is 0.818. The largest absolute Gasteiger partial charge is 0.370 e. The first-order valence-corrected chi connectivity index (χ1v) is 6.01. The lowest BCUT2D eigenvalue weighted by atomic mass is 10.2. The summed E-state index contributed by atoms with van der Waals surface area (Å²) in [6, 6.07) is 0. The van der Waals surface area contributed by atoms with Gasteiger partial charge in [0.2, 0.25) is 5.91 Å². The number of carbonyl (C=O) groups is 1. The van der Waals surface area contributed by atoms with Crippen molar-refractivity contribution < 1.29 is 4.79 Å². The highest BCUT2D eigenvalue weighted by atomic mass is 16.1. The van der Waals surface area contributed by atoms with E-state index in [9.17, 15) is 4.79 Å². The molecule has 5 N–H and O–H groups in total. The Hall–Kier alpha value is -1.26. The lowest BCUT2D eigenvalue weighted by Gasteiger charge is -2.05. The fourth-order valence-electron chi connectivity index (χ4n) is 1.32. The van der Waals surface area contributed by atoms with Gasteiger partial charge in [0.05, 0.1) is 0 Å². The number of rotatable bonds is 9. The summed E-state index contributed by atoms with van der Waals surface area (Å²) in [5.41, 5.74) is 5.12. The Morgan fingerprint density at radius 3 is 2.38 bits per heavy atom. The van der Waals surface area contributed by atoms with Crippen molar-refractivity contribution in [1.82, 2.24) is 10.6 Å². The third-order valence-electron chi connectivity index (χ3n) is 2.25. The number of guanidine groups is 1. The Labute approximate surface area is 97.7 Å². The highest BCUT2D eigenvalue weighted by molar-refractivity contribution is 5.75. The standard InChI is InChI=1S/C11H24N4O/c1-2-3-5-8-14-10(16)7-4-6-9-15-11(12)13/h2-9H2,1H3,(H,14,16)(H4,12,13,15). The first kappa shape index (κ1) is 14.7. The predicted octanol–water partition coefficient (Wildman–Crippen LogP) is 0.946. The van der Waals surface area contributed by atoms with Crippen molar-refractivity contribution in [2.24, 2.45) is 5.73 Å². The van der Waals surface area contributed by atoms with Gasteiger partial charge in [0.1, 0.15) is 0 Å². The molecule has 0 aromatic rings. The van der Waals surface area contributed by atoms with Gasteiger partial charge in [0.15, 0.2) is 5.96 Å². The van der Waals surface area contributed by atoms with Gasteiger partial charge in [-0.3, -0.25) is 10.2 Å². The lowest BCUT2D eigenvalue weighted by molar-refractivity contribution is -0.121. The van der Waals surface area contributed by atoms with E-state index < -0.39 is 0 Å². The second kappa shape index (κ2) is 10.3. The van der Waals surface area contributed by atoms with E-state index in [4.69, 9.17) is 11.1 Å². The minimum absolute atomic E-state index is 0.0102. The average molecular weight is 228 g/mol. The Morgan fingerprint density at radius 2 is 1.75 bits per heavy atom. The van der Waals surface area contributed by atoms with Crippen LogP contribution in [0, 0.1) is 5.41 Å². The van der Waals surface area contributed by atoms with Crippen LogP contribution in [0.15, 0.2) is 0 Å². The van der Waals surface area contributed by atoms with Crippen molar-refractivity contribution in [3.63, 3.8) is 0 Å². The highest BCUT2D eigenvalue weighted by Gasteiger charge is 1.99. The van der Waals surface area contributed by atoms with Crippen molar-refractivity contribution in [1.29, 1.82) is 5.41 Å². The van der Waals surface area contributed by atoms with Gasteiger partial charge < -0.3 is 16.4 Å². The minimum Gasteiger partial charge on any atom is -0.370 e. The van der Waals surface area contributed by atoms with Crippen LogP contribution in [0.2, 0.25) is 0 Å². The maximum absolute atomic E-state index is 11.3. The topological polar surface area (TPSA) is 91.0 Å². The zero-order chi connectivity index (χ0) is 12.2. The van der Waals surface area contributed by atoms with E-state index in [0.29, 0.717) is 13.0 Å². The van der Waals surface area contributed by atoms with E-state index in [0.717, 1.165) is 25.8 Å². The molecule has 0 aliphatic rings. The van der Waals surface area contributed by atoms with Crippen LogP contribution in [0.3, 0.4) is 0 Å². The molecule has 94 valence electrons. The molecular weight excluding hydrogens is 204 g/mol. The number of amides is 1. The van der Waals surface area contributed by atoms with Crippen molar-refractivity contribution in [3.05, 3.63) is 0 Å². The summed E-state index contributed by atoms with van der Waals surface area (Å²) in [7, 11) is 0. The Bertz CT molecular complexity index is 206. The maximum atomic E-state index is 11.3. The molecule has 0 fully saturated rings. The van der Waals surface area contributed by atoms with Gasteiger partial charge in [-0.05, 0) is 19.3 Å². The molecule has 0 spiro atoms. The molecule has 0 aliphatic carbocycles. The van der Waals surface area contributed by atoms with E-state index in [1.54, 1.807) is 0 Å². The van der Waals surface area contributed by atoms with Crippen LogP contribution >= 0.6 is 0 Å². The molecule has 0 saturated heterocycles. The summed E-state index contributed by atoms with van der Waals surface area (Å²) in [4.78, 5) is 11.3. The van der Waals surface area contributed by atoms with Crippen LogP contribution in [0.1, 0.15) is 45.4 Å². The van der Waals surface area contributed by atoms with Gasteiger partial charge >= 0.3 is 0 Å². The third-order valence-corrected chi connectivity index (χ3v) is 2.25. The van der Waals surface area contributed by atoms with Crippen LogP contribution in [0.4, 0.5) is 0 Å². The third kappa shape index (κ3) is 10.8. The number of nitrogens with two attached hydrogens (primary N) is 1. The predicted molar refractivity (Wildman–Crippen MR) is 66.3 cm³/mol. The second-order valence-corrected chi connectivity index (χ2v) is 3.85. The molecule has 0 aromatic heterocycles. The van der Waals surface area contributed by atoms with Crippen LogP contribution in [0.25, 0.3) is 0 Å². The second-order valence-electron chi connectivity index (χ2n) is 3.85. The summed E-state index contributed by atoms with van der Waals surface area (Å²) in [6.07, 6.45) is 5.66. The van der Waals surface area contributed by atoms with Gasteiger partial charge in [-0.25, -0.2) is 0 Å². The normalized spacial score (nSPS) is 9.81. The van der Waals surface area contributed by atoms with Crippen LogP contribution < -0.4 is 16.4 Å². The summed E-state index contributed by atoms with van der Waals surface area (Å²) >= 11 is 0. The van der Waals surface area contributed by atoms with Crippen LogP contribution in [-0.4, -0.2) is 25.0 Å². The molecule has 0 heterocycles. The molecule has 0 aromatic carbocycles. The SMILES string of the molecule is CCCCCNC(=O)CCCCNC(=N)N. The summed E-state index contributed by atoms with van der Waals surface area (Å²) < 4.78 is 0. The Morgan fingerprint density at radius 1 is 1.12 bits per heavy atom. The van der Waals surface area contributed by atoms with E-state index >= 15 is 0 Å². The van der Waals surface area contributed by atoms with Crippen molar-refractivity contribution in [2.75, 3.05) is 13.1 Å². The maximum Gasteiger partial charge on any atom is 0.219 e. The lowest BCUT2D eigenvalue weighted by Crippen LogP contribution is -2.31. The van der Waals surface area contributed by atoms with Gasteiger partial charge in [-0.1, -0.05) is 19.8 Å². The average Bonchev–Trinajstić information content (AvgIpc) is 2.23. The van der Waals surface area contributed by atoms with E-state index in [2.05, 4.69) is 17.6 Å². The molecule has 5 heteroatoms. The summed E-state index contributed by atoms with van der Waals surface area (Å²) in [5, 5.41) is 12.5. The molecule has 0 bridgehead atoms. The van der Waals surface area contributed by atoms with Gasteiger partial charge in [0, 0.05) is 19.5 Å². The smallest absolute Gasteiger partial charge is 0.219 e. The highest BCUT2D eigenvalue weighted by Crippen LogP contribution is 1.95.